The summed E-state index contributed by atoms with van der Waals surface area (Å²) >= 11 is 0. The van der Waals surface area contributed by atoms with Gasteiger partial charge in [-0.1, -0.05) is 51.1 Å². The van der Waals surface area contributed by atoms with E-state index in [0.29, 0.717) is 45.4 Å². The van der Waals surface area contributed by atoms with Crippen molar-refractivity contribution in [2.24, 2.45) is 46.3 Å². The van der Waals surface area contributed by atoms with Gasteiger partial charge in [-0.3, -0.25) is 43.5 Å². The molecule has 0 bridgehead atoms. The van der Waals surface area contributed by atoms with E-state index in [1.165, 1.54) is 9.80 Å². The van der Waals surface area contributed by atoms with E-state index in [1.807, 2.05) is 30.3 Å². The Labute approximate surface area is 417 Å². The Balaban J connectivity index is 1.09. The average Bonchev–Trinajstić information content (AvgIpc) is 3.66. The van der Waals surface area contributed by atoms with E-state index in [-0.39, 0.29) is 105 Å². The summed E-state index contributed by atoms with van der Waals surface area (Å²) in [5.41, 5.74) is 0.485. The van der Waals surface area contributed by atoms with Crippen molar-refractivity contribution in [3.63, 3.8) is 0 Å². The third-order valence-electron chi connectivity index (χ3n) is 16.8. The molecule has 12 atom stereocenters. The van der Waals surface area contributed by atoms with Gasteiger partial charge in [0.25, 0.3) is 0 Å². The molecule has 4 aliphatic carbocycles. The molecule has 20 heteroatoms. The monoisotopic (exact) mass is 1000 g/mol. The predicted octanol–water partition coefficient (Wildman–Crippen LogP) is 2.40. The summed E-state index contributed by atoms with van der Waals surface area (Å²) in [7, 11) is 0. The van der Waals surface area contributed by atoms with Gasteiger partial charge in [-0.15, -0.1) is 0 Å². The highest BCUT2D eigenvalue weighted by Gasteiger charge is 2.65. The molecule has 1 amide bonds. The number of hydrogen-bond donors (Lipinski definition) is 9. The van der Waals surface area contributed by atoms with Gasteiger partial charge in [0.05, 0.1) is 64.3 Å². The quantitative estimate of drug-likeness (QED) is 0.0468. The first kappa shape index (κ1) is 57.6. The van der Waals surface area contributed by atoms with Crippen LogP contribution in [0.25, 0.3) is 0 Å². The molecule has 0 aliphatic heterocycles. The second-order valence-corrected chi connectivity index (χ2v) is 21.2. The van der Waals surface area contributed by atoms with Crippen molar-refractivity contribution in [2.45, 2.75) is 116 Å². The van der Waals surface area contributed by atoms with E-state index >= 15 is 0 Å². The Kier molecular flexibility index (Phi) is 22.0. The number of carboxylic acid groups (broad SMARTS) is 5. The number of carbonyl (C=O) groups excluding carboxylic acids is 1. The van der Waals surface area contributed by atoms with Crippen LogP contribution in [0, 0.1) is 46.3 Å². The van der Waals surface area contributed by atoms with E-state index in [0.717, 1.165) is 42.6 Å². The largest absolute Gasteiger partial charge is 0.481 e. The maximum Gasteiger partial charge on any atom is 0.317 e. The van der Waals surface area contributed by atoms with Crippen molar-refractivity contribution in [1.29, 1.82) is 0 Å². The maximum absolute atomic E-state index is 13.8. The number of fused-ring (bicyclic) bond motifs is 5. The fourth-order valence-corrected chi connectivity index (χ4v) is 13.1. The zero-order valence-corrected chi connectivity index (χ0v) is 41.9. The van der Waals surface area contributed by atoms with Crippen molar-refractivity contribution >= 4 is 35.8 Å². The molecular formula is C51H81N5O15. The lowest BCUT2D eigenvalue weighted by Crippen LogP contribution is -2.62. The number of carbonyl (C=O) groups is 6. The summed E-state index contributed by atoms with van der Waals surface area (Å²) in [4.78, 5) is 75.7. The van der Waals surface area contributed by atoms with E-state index in [4.69, 9.17) is 9.47 Å². The van der Waals surface area contributed by atoms with Gasteiger partial charge in [0, 0.05) is 45.7 Å². The van der Waals surface area contributed by atoms with Gasteiger partial charge in [0.15, 0.2) is 0 Å². The molecule has 0 aromatic heterocycles. The van der Waals surface area contributed by atoms with Crippen LogP contribution < -0.4 is 10.6 Å². The van der Waals surface area contributed by atoms with Crippen molar-refractivity contribution in [1.82, 2.24) is 25.3 Å². The van der Waals surface area contributed by atoms with Gasteiger partial charge >= 0.3 is 29.8 Å². The van der Waals surface area contributed by atoms with Crippen molar-refractivity contribution < 1.29 is 74.0 Å². The SMILES string of the molecule is C[C@H](CCC(=O)O)[C@H]1CC[C@H]2[C@@H]3[C@H](O)C[C@@H]4C[C@@H](OCCNCCCNC(=O)C(COCc5ccccc5)N(CCN(CCN(CC(=O)O)CC(=O)O)CC(=O)O)CC(=O)O)CC[C@]4(C)[C@H]3C[C@H](O)[C@]12C. The molecule has 4 fully saturated rings. The van der Waals surface area contributed by atoms with E-state index in [2.05, 4.69) is 31.4 Å². The second kappa shape index (κ2) is 27.1. The van der Waals surface area contributed by atoms with Crippen LogP contribution in [0.3, 0.4) is 0 Å². The van der Waals surface area contributed by atoms with Crippen LogP contribution in [0.5, 0.6) is 0 Å². The molecule has 4 aliphatic rings. The lowest BCUT2D eigenvalue weighted by atomic mass is 9.43. The number of ether oxygens (including phenoxy) is 2. The fourth-order valence-electron chi connectivity index (χ4n) is 13.1. The molecule has 71 heavy (non-hydrogen) atoms. The number of aliphatic hydroxyl groups excluding tert-OH is 2. The minimum Gasteiger partial charge on any atom is -0.481 e. The highest BCUT2D eigenvalue weighted by molar-refractivity contribution is 5.82. The first-order valence-electron chi connectivity index (χ1n) is 25.6. The Bertz CT molecular complexity index is 1900. The van der Waals surface area contributed by atoms with Gasteiger partial charge in [-0.05, 0) is 116 Å². The van der Waals surface area contributed by atoms with Gasteiger partial charge in [0.1, 0.15) is 6.04 Å². The number of aliphatic hydroxyl groups is 2. The lowest BCUT2D eigenvalue weighted by Gasteiger charge is -2.63. The van der Waals surface area contributed by atoms with E-state index < -0.39 is 80.2 Å². The average molecular weight is 1000 g/mol. The molecule has 400 valence electrons. The van der Waals surface area contributed by atoms with Crippen LogP contribution in [0.15, 0.2) is 30.3 Å². The van der Waals surface area contributed by atoms with Gasteiger partial charge in [0.2, 0.25) is 5.91 Å². The number of hydrogen-bond acceptors (Lipinski definition) is 14. The maximum atomic E-state index is 13.8. The zero-order valence-electron chi connectivity index (χ0n) is 41.9. The predicted molar refractivity (Wildman–Crippen MR) is 259 cm³/mol. The molecule has 1 aromatic rings. The number of aliphatic carboxylic acids is 5. The third kappa shape index (κ3) is 16.1. The molecule has 9 N–H and O–H groups in total. The summed E-state index contributed by atoms with van der Waals surface area (Å²) in [6.07, 6.45) is 6.36. The van der Waals surface area contributed by atoms with Crippen molar-refractivity contribution in [2.75, 3.05) is 85.2 Å². The number of rotatable bonds is 32. The summed E-state index contributed by atoms with van der Waals surface area (Å²) < 4.78 is 12.3. The van der Waals surface area contributed by atoms with Crippen LogP contribution in [-0.2, 0) is 44.8 Å². The highest BCUT2D eigenvalue weighted by Crippen LogP contribution is 2.68. The number of carboxylic acids is 5. The topological polar surface area (TPSA) is 296 Å². The van der Waals surface area contributed by atoms with Crippen LogP contribution in [0.1, 0.15) is 90.5 Å². The number of nitrogens with one attached hydrogen (secondary N) is 2. The van der Waals surface area contributed by atoms with Crippen LogP contribution >= 0.6 is 0 Å². The molecule has 0 spiro atoms. The Morgan fingerprint density at radius 1 is 0.746 bits per heavy atom. The molecule has 0 saturated heterocycles. The molecule has 20 nitrogen and oxygen atoms in total. The Morgan fingerprint density at radius 3 is 2.06 bits per heavy atom. The van der Waals surface area contributed by atoms with Crippen LogP contribution in [0.2, 0.25) is 0 Å². The van der Waals surface area contributed by atoms with Gasteiger partial charge < -0.3 is 55.9 Å². The van der Waals surface area contributed by atoms with Crippen molar-refractivity contribution in [3.8, 4) is 0 Å². The molecule has 0 radical (unpaired) electrons. The summed E-state index contributed by atoms with van der Waals surface area (Å²) in [6.45, 7) is 6.13. The summed E-state index contributed by atoms with van der Waals surface area (Å²) in [5.74, 6) is -4.98. The standard InChI is InChI=1S/C51H81N5O15/c1-33(10-13-43(59)60)37-11-12-38-48-39(26-42(58)51(37,38)3)50(2)15-14-36(24-35(50)25-41(48)57)71-23-18-52-16-7-17-53-49(69)40(32-70-31-34-8-5-4-6-9-34)56(30-47(67)68)22-21-54(27-44(61)62)19-20-55(28-45(63)64)29-46(65)66/h4-6,8-9,33,35-42,48,52,57-58H,7,10-32H2,1-3H3,(H,53,69)(H,59,60)(H,61,62)(H,63,64)(H,65,66)(H,67,68)/t33-,35+,36+,37-,38+,39+,40?,41-,42+,48+,50+,51-/m1/s1. The molecular weight excluding hydrogens is 923 g/mol. The molecule has 5 rings (SSSR count). The third-order valence-corrected chi connectivity index (χ3v) is 16.8. The van der Waals surface area contributed by atoms with Crippen molar-refractivity contribution in [3.05, 3.63) is 35.9 Å². The summed E-state index contributed by atoms with van der Waals surface area (Å²) in [5, 5.41) is 77.3. The number of nitrogens with zero attached hydrogens (tertiary/aromatic N) is 3. The van der Waals surface area contributed by atoms with Gasteiger partial charge in [-0.2, -0.15) is 0 Å². The highest BCUT2D eigenvalue weighted by atomic mass is 16.5. The van der Waals surface area contributed by atoms with Crippen LogP contribution in [0.4, 0.5) is 0 Å². The normalized spacial score (nSPS) is 29.0. The summed E-state index contributed by atoms with van der Waals surface area (Å²) in [6, 6.07) is 8.16. The molecule has 1 aromatic carbocycles. The minimum atomic E-state index is -1.25. The Morgan fingerprint density at radius 2 is 1.39 bits per heavy atom. The van der Waals surface area contributed by atoms with Crippen LogP contribution in [-0.4, -0.2) is 196 Å². The fraction of sp³-hybridized carbons (Fsp3) is 0.765. The smallest absolute Gasteiger partial charge is 0.317 e. The lowest BCUT2D eigenvalue weighted by molar-refractivity contribution is -0.209. The molecule has 1 unspecified atom stereocenters. The zero-order chi connectivity index (χ0) is 51.9. The number of amides is 1. The van der Waals surface area contributed by atoms with Gasteiger partial charge in [-0.25, -0.2) is 0 Å². The number of benzene rings is 1. The minimum absolute atomic E-state index is 0.0161. The Hall–Kier alpha value is -4.28. The first-order valence-corrected chi connectivity index (χ1v) is 25.6. The molecule has 0 heterocycles. The van der Waals surface area contributed by atoms with E-state index in [1.54, 1.807) is 0 Å². The second-order valence-electron chi connectivity index (χ2n) is 21.2. The van der Waals surface area contributed by atoms with E-state index in [9.17, 15) is 64.5 Å². The molecule has 4 saturated carbocycles. The first-order chi connectivity index (χ1) is 33.7.